The highest BCUT2D eigenvalue weighted by Crippen LogP contribution is 2.25. The number of methoxy groups -OCH3 is 1. The number of ether oxygens (including phenoxy) is 1. The molecule has 0 saturated carbocycles. The van der Waals surface area contributed by atoms with Gasteiger partial charge in [0.15, 0.2) is 0 Å². The highest BCUT2D eigenvalue weighted by atomic mass is 16.6. The average molecular weight is 403 g/mol. The van der Waals surface area contributed by atoms with Gasteiger partial charge in [-0.25, -0.2) is 4.79 Å². The van der Waals surface area contributed by atoms with Crippen LogP contribution in [0.4, 0.5) is 11.4 Å². The second-order valence-electron chi connectivity index (χ2n) is 6.02. The third kappa shape index (κ3) is 5.73. The van der Waals surface area contributed by atoms with Crippen molar-refractivity contribution in [3.8, 4) is 5.75 Å². The molecule has 2 N–H and O–H groups in total. The molecule has 29 heavy (non-hydrogen) atoms. The highest BCUT2D eigenvalue weighted by molar-refractivity contribution is 5.85. The fourth-order valence-electron chi connectivity index (χ4n) is 2.67. The standard InChI is InChI=1S/C18H17N3O8/c1-29-16-6-5-14(21(27)28)9-12(16)10-15(18(23)24)19-17(22)8-11-3-2-4-13(7-11)20(25)26/h2-7,9,15H,8,10H2,1H3,(H,19,22)(H,23,24)/t15-/m0/s1. The van der Waals surface area contributed by atoms with Crippen LogP contribution in [0.2, 0.25) is 0 Å². The third-order valence-electron chi connectivity index (χ3n) is 4.02. The van der Waals surface area contributed by atoms with Gasteiger partial charge in [-0.15, -0.1) is 0 Å². The lowest BCUT2D eigenvalue weighted by molar-refractivity contribution is -0.385. The second kappa shape index (κ2) is 9.26. The smallest absolute Gasteiger partial charge is 0.326 e. The third-order valence-corrected chi connectivity index (χ3v) is 4.02. The van der Waals surface area contributed by atoms with E-state index in [0.717, 1.165) is 0 Å². The maximum atomic E-state index is 12.2. The summed E-state index contributed by atoms with van der Waals surface area (Å²) in [7, 11) is 1.33. The number of hydrogen-bond donors (Lipinski definition) is 2. The molecule has 2 rings (SSSR count). The molecule has 0 unspecified atom stereocenters. The van der Waals surface area contributed by atoms with Crippen molar-refractivity contribution in [1.29, 1.82) is 0 Å². The summed E-state index contributed by atoms with van der Waals surface area (Å²) in [5.41, 5.74) is 0.151. The van der Waals surface area contributed by atoms with Crippen molar-refractivity contribution in [2.75, 3.05) is 7.11 Å². The largest absolute Gasteiger partial charge is 0.496 e. The first kappa shape index (κ1) is 21.3. The molecule has 0 aliphatic heterocycles. The van der Waals surface area contributed by atoms with Gasteiger partial charge in [0.2, 0.25) is 5.91 Å². The van der Waals surface area contributed by atoms with Gasteiger partial charge in [0.05, 0.1) is 23.4 Å². The lowest BCUT2D eigenvalue weighted by atomic mass is 10.0. The van der Waals surface area contributed by atoms with Crippen molar-refractivity contribution in [3.05, 3.63) is 73.8 Å². The number of carboxylic acid groups (broad SMARTS) is 1. The Morgan fingerprint density at radius 2 is 1.76 bits per heavy atom. The van der Waals surface area contributed by atoms with E-state index < -0.39 is 27.8 Å². The van der Waals surface area contributed by atoms with E-state index >= 15 is 0 Å². The van der Waals surface area contributed by atoms with Crippen molar-refractivity contribution in [1.82, 2.24) is 5.32 Å². The van der Waals surface area contributed by atoms with Gasteiger partial charge in [-0.05, 0) is 11.6 Å². The quantitative estimate of drug-likeness (QED) is 0.473. The van der Waals surface area contributed by atoms with Crippen LogP contribution in [0.3, 0.4) is 0 Å². The normalized spacial score (nSPS) is 11.3. The van der Waals surface area contributed by atoms with E-state index in [1.54, 1.807) is 0 Å². The number of carboxylic acids is 1. The van der Waals surface area contributed by atoms with Crippen molar-refractivity contribution >= 4 is 23.3 Å². The van der Waals surface area contributed by atoms with Crippen LogP contribution in [0.15, 0.2) is 42.5 Å². The molecule has 11 nitrogen and oxygen atoms in total. The molecule has 152 valence electrons. The molecule has 11 heteroatoms. The molecular weight excluding hydrogens is 386 g/mol. The maximum Gasteiger partial charge on any atom is 0.326 e. The van der Waals surface area contributed by atoms with Gasteiger partial charge >= 0.3 is 5.97 Å². The highest BCUT2D eigenvalue weighted by Gasteiger charge is 2.24. The van der Waals surface area contributed by atoms with Gasteiger partial charge in [-0.1, -0.05) is 12.1 Å². The summed E-state index contributed by atoms with van der Waals surface area (Å²) in [6.45, 7) is 0. The topological polar surface area (TPSA) is 162 Å². The van der Waals surface area contributed by atoms with Crippen LogP contribution in [-0.2, 0) is 22.4 Å². The SMILES string of the molecule is COc1ccc([N+](=O)[O-])cc1C[C@H](NC(=O)Cc1cccc([N+](=O)[O-])c1)C(=O)O. The monoisotopic (exact) mass is 403 g/mol. The number of nitrogens with one attached hydrogen (secondary N) is 1. The predicted octanol–water partition coefficient (Wildman–Crippen LogP) is 1.87. The molecule has 0 aliphatic carbocycles. The van der Waals surface area contributed by atoms with Crippen molar-refractivity contribution in [2.24, 2.45) is 0 Å². The first-order chi connectivity index (χ1) is 13.7. The summed E-state index contributed by atoms with van der Waals surface area (Å²) in [4.78, 5) is 44.4. The molecule has 0 bridgehead atoms. The Morgan fingerprint density at radius 3 is 2.34 bits per heavy atom. The van der Waals surface area contributed by atoms with Crippen LogP contribution in [0, 0.1) is 20.2 Å². The predicted molar refractivity (Wildman–Crippen MR) is 99.7 cm³/mol. The zero-order valence-corrected chi connectivity index (χ0v) is 15.2. The number of aliphatic carboxylic acids is 1. The van der Waals surface area contributed by atoms with Crippen molar-refractivity contribution in [2.45, 2.75) is 18.9 Å². The number of nitro groups is 2. The van der Waals surface area contributed by atoms with Gasteiger partial charge in [0.25, 0.3) is 11.4 Å². The number of carbonyl (C=O) groups excluding carboxylic acids is 1. The average Bonchev–Trinajstić information content (AvgIpc) is 2.67. The van der Waals surface area contributed by atoms with Gasteiger partial charge < -0.3 is 15.2 Å². The van der Waals surface area contributed by atoms with Gasteiger partial charge in [0.1, 0.15) is 11.8 Å². The summed E-state index contributed by atoms with van der Waals surface area (Å²) in [6.07, 6.45) is -0.515. The summed E-state index contributed by atoms with van der Waals surface area (Å²) in [5.74, 6) is -1.76. The molecule has 2 aromatic carbocycles. The molecule has 0 spiro atoms. The lowest BCUT2D eigenvalue weighted by Gasteiger charge is -2.16. The molecule has 0 saturated heterocycles. The fourth-order valence-corrected chi connectivity index (χ4v) is 2.67. The number of carbonyl (C=O) groups is 2. The van der Waals surface area contributed by atoms with E-state index in [-0.39, 0.29) is 35.5 Å². The molecule has 1 amide bonds. The van der Waals surface area contributed by atoms with Gasteiger partial charge in [-0.2, -0.15) is 0 Å². The summed E-state index contributed by atoms with van der Waals surface area (Å²) in [6, 6.07) is 7.79. The number of hydrogen-bond acceptors (Lipinski definition) is 7. The Balaban J connectivity index is 2.16. The number of rotatable bonds is 9. The Labute approximate surface area is 164 Å². The van der Waals surface area contributed by atoms with Crippen LogP contribution in [0.5, 0.6) is 5.75 Å². The molecule has 0 radical (unpaired) electrons. The maximum absolute atomic E-state index is 12.2. The van der Waals surface area contributed by atoms with E-state index in [2.05, 4.69) is 5.32 Å². The van der Waals surface area contributed by atoms with Crippen molar-refractivity contribution in [3.63, 3.8) is 0 Å². The van der Waals surface area contributed by atoms with E-state index in [1.165, 1.54) is 49.6 Å². The van der Waals surface area contributed by atoms with Gasteiger partial charge in [-0.3, -0.25) is 25.0 Å². The Morgan fingerprint density at radius 1 is 1.10 bits per heavy atom. The van der Waals surface area contributed by atoms with Crippen LogP contribution in [-0.4, -0.2) is 40.0 Å². The van der Waals surface area contributed by atoms with Crippen LogP contribution >= 0.6 is 0 Å². The number of non-ortho nitro benzene ring substituents is 2. The molecule has 0 aliphatic rings. The molecule has 0 fully saturated rings. The first-order valence-electron chi connectivity index (χ1n) is 8.28. The van der Waals surface area contributed by atoms with E-state index in [4.69, 9.17) is 4.74 Å². The lowest BCUT2D eigenvalue weighted by Crippen LogP contribution is -2.43. The first-order valence-corrected chi connectivity index (χ1v) is 8.28. The van der Waals surface area contributed by atoms with Crippen LogP contribution in [0.1, 0.15) is 11.1 Å². The minimum Gasteiger partial charge on any atom is -0.496 e. The number of nitro benzene ring substituents is 2. The second-order valence-corrected chi connectivity index (χ2v) is 6.02. The minimum absolute atomic E-state index is 0.189. The number of amides is 1. The Kier molecular flexibility index (Phi) is 6.80. The van der Waals surface area contributed by atoms with E-state index in [1.807, 2.05) is 0 Å². The van der Waals surface area contributed by atoms with Crippen molar-refractivity contribution < 1.29 is 29.3 Å². The fraction of sp³-hybridized carbons (Fsp3) is 0.222. The zero-order chi connectivity index (χ0) is 21.6. The summed E-state index contributed by atoms with van der Waals surface area (Å²) < 4.78 is 5.10. The Hall–Kier alpha value is -4.02. The summed E-state index contributed by atoms with van der Waals surface area (Å²) in [5, 5.41) is 33.5. The molecule has 1 atom stereocenters. The van der Waals surface area contributed by atoms with Gasteiger partial charge in [0, 0.05) is 36.2 Å². The zero-order valence-electron chi connectivity index (χ0n) is 15.2. The van der Waals surface area contributed by atoms with E-state index in [9.17, 15) is 34.9 Å². The molecule has 0 aromatic heterocycles. The minimum atomic E-state index is -1.38. The van der Waals surface area contributed by atoms with Crippen LogP contribution in [0.25, 0.3) is 0 Å². The number of benzene rings is 2. The molecular formula is C18H17N3O8. The molecule has 0 heterocycles. The Bertz CT molecular complexity index is 960. The van der Waals surface area contributed by atoms with E-state index in [0.29, 0.717) is 5.56 Å². The van der Waals surface area contributed by atoms with Crippen LogP contribution < -0.4 is 10.1 Å². The summed E-state index contributed by atoms with van der Waals surface area (Å²) >= 11 is 0. The molecule has 2 aromatic rings. The number of nitrogens with zero attached hydrogens (tertiary/aromatic N) is 2.